The molecular formula is C19H23BrN2O2. The summed E-state index contributed by atoms with van der Waals surface area (Å²) >= 11 is 3.57. The molecule has 0 bridgehead atoms. The molecular weight excluding hydrogens is 368 g/mol. The average molecular weight is 391 g/mol. The van der Waals surface area contributed by atoms with Crippen LogP contribution in [-0.2, 0) is 21.5 Å². The van der Waals surface area contributed by atoms with E-state index in [1.165, 1.54) is 5.56 Å². The number of benzene rings is 1. The van der Waals surface area contributed by atoms with Gasteiger partial charge in [-0.3, -0.25) is 9.79 Å². The van der Waals surface area contributed by atoms with E-state index in [-0.39, 0.29) is 17.1 Å². The number of carbonyl (C=O) groups is 1. The predicted molar refractivity (Wildman–Crippen MR) is 97.0 cm³/mol. The number of halogens is 1. The van der Waals surface area contributed by atoms with Crippen LogP contribution in [0.4, 0.5) is 0 Å². The highest BCUT2D eigenvalue weighted by Gasteiger charge is 2.65. The monoisotopic (exact) mass is 390 g/mol. The van der Waals surface area contributed by atoms with Crippen LogP contribution in [0.2, 0.25) is 0 Å². The highest BCUT2D eigenvalue weighted by Crippen LogP contribution is 2.62. The maximum atomic E-state index is 13.4. The summed E-state index contributed by atoms with van der Waals surface area (Å²) in [4.78, 5) is 18.3. The molecule has 4 rings (SSSR count). The average Bonchev–Trinajstić information content (AvgIpc) is 2.97. The lowest BCUT2D eigenvalue weighted by molar-refractivity contribution is -0.131. The third-order valence-electron chi connectivity index (χ3n) is 6.47. The fourth-order valence-corrected chi connectivity index (χ4v) is 5.46. The van der Waals surface area contributed by atoms with E-state index in [0.29, 0.717) is 11.9 Å². The molecule has 2 spiro atoms. The molecule has 5 heteroatoms. The minimum absolute atomic E-state index is 0.155. The molecule has 0 aromatic heterocycles. The third-order valence-corrected chi connectivity index (χ3v) is 6.96. The van der Waals surface area contributed by atoms with E-state index in [1.54, 1.807) is 7.11 Å². The molecule has 2 aliphatic carbocycles. The van der Waals surface area contributed by atoms with Gasteiger partial charge in [-0.1, -0.05) is 22.0 Å². The molecule has 1 fully saturated rings. The number of carbonyl (C=O) groups excluding carboxylic acids is 1. The van der Waals surface area contributed by atoms with Crippen LogP contribution in [0.25, 0.3) is 0 Å². The Morgan fingerprint density at radius 1 is 1.33 bits per heavy atom. The van der Waals surface area contributed by atoms with Crippen LogP contribution in [-0.4, -0.2) is 24.8 Å². The number of amidine groups is 1. The number of hydrogen-bond donors (Lipinski definition) is 1. The van der Waals surface area contributed by atoms with Crippen LogP contribution >= 0.6 is 15.9 Å². The number of nitrogens with two attached hydrogens (primary N) is 1. The molecule has 0 radical (unpaired) electrons. The molecule has 2 unspecified atom stereocenters. The number of hydrogen-bond acceptors (Lipinski definition) is 4. The molecule has 2 N–H and O–H groups in total. The fraction of sp³-hybridized carbons (Fsp3) is 0.579. The summed E-state index contributed by atoms with van der Waals surface area (Å²) in [5.74, 6) is 0.362. The molecule has 1 heterocycles. The summed E-state index contributed by atoms with van der Waals surface area (Å²) < 4.78 is 6.55. The summed E-state index contributed by atoms with van der Waals surface area (Å²) in [6.07, 6.45) is 5.05. The number of nitrogens with zero attached hydrogens (tertiary/aromatic N) is 1. The lowest BCUT2D eigenvalue weighted by Gasteiger charge is -2.45. The van der Waals surface area contributed by atoms with Crippen LogP contribution in [0.15, 0.2) is 27.7 Å². The number of rotatable bonds is 1. The maximum Gasteiger partial charge on any atom is 0.175 e. The lowest BCUT2D eigenvalue weighted by Crippen LogP contribution is -2.49. The van der Waals surface area contributed by atoms with Gasteiger partial charge < -0.3 is 10.5 Å². The SMILES string of the molecule is COC1CCC2(CC1)Cc1ccc(Br)cc1C21N=C(N)C(C)C1=O. The second-order valence-corrected chi connectivity index (χ2v) is 8.44. The zero-order chi connectivity index (χ0) is 17.1. The number of ether oxygens (including phenoxy) is 1. The largest absolute Gasteiger partial charge is 0.387 e. The Hall–Kier alpha value is -1.20. The van der Waals surface area contributed by atoms with Gasteiger partial charge in [-0.25, -0.2) is 0 Å². The molecule has 2 atom stereocenters. The number of methoxy groups -OCH3 is 1. The van der Waals surface area contributed by atoms with E-state index in [0.717, 1.165) is 42.1 Å². The van der Waals surface area contributed by atoms with Gasteiger partial charge in [0.1, 0.15) is 5.84 Å². The highest BCUT2D eigenvalue weighted by atomic mass is 79.9. The molecule has 1 aromatic rings. The van der Waals surface area contributed by atoms with Gasteiger partial charge in [-0.05, 0) is 62.3 Å². The van der Waals surface area contributed by atoms with Crippen molar-refractivity contribution in [2.24, 2.45) is 22.1 Å². The maximum absolute atomic E-state index is 13.4. The zero-order valence-electron chi connectivity index (χ0n) is 14.1. The van der Waals surface area contributed by atoms with E-state index < -0.39 is 5.54 Å². The van der Waals surface area contributed by atoms with Crippen LogP contribution in [0.1, 0.15) is 43.7 Å². The molecule has 0 saturated heterocycles. The Balaban J connectivity index is 1.89. The number of aliphatic imine (C=N–C) groups is 1. The highest BCUT2D eigenvalue weighted by molar-refractivity contribution is 9.10. The van der Waals surface area contributed by atoms with E-state index in [2.05, 4.69) is 34.1 Å². The standard InChI is InChI=1S/C19H23BrN2O2/c1-11-16(23)19(22-17(11)21)15-9-13(20)4-3-12(15)10-18(19)7-5-14(24-2)6-8-18/h3-4,9,11,14H,5-8,10H2,1-2H3,(H2,21,22). The quantitative estimate of drug-likeness (QED) is 0.799. The number of Topliss-reactive ketones (excluding diaryl/α,β-unsaturated/α-hetero) is 1. The topological polar surface area (TPSA) is 64.7 Å². The van der Waals surface area contributed by atoms with Crippen LogP contribution in [0.3, 0.4) is 0 Å². The lowest BCUT2D eigenvalue weighted by atomic mass is 9.60. The van der Waals surface area contributed by atoms with Gasteiger partial charge >= 0.3 is 0 Å². The molecule has 0 amide bonds. The zero-order valence-corrected chi connectivity index (χ0v) is 15.7. The molecule has 1 aromatic carbocycles. The first kappa shape index (κ1) is 16.3. The second-order valence-electron chi connectivity index (χ2n) is 7.53. The van der Waals surface area contributed by atoms with Crippen LogP contribution < -0.4 is 5.73 Å². The van der Waals surface area contributed by atoms with Gasteiger partial charge in [0.05, 0.1) is 12.0 Å². The van der Waals surface area contributed by atoms with Crippen molar-refractivity contribution in [2.45, 2.75) is 50.7 Å². The smallest absolute Gasteiger partial charge is 0.175 e. The molecule has 128 valence electrons. The van der Waals surface area contributed by atoms with E-state index in [1.807, 2.05) is 6.92 Å². The second kappa shape index (κ2) is 5.40. The van der Waals surface area contributed by atoms with E-state index in [9.17, 15) is 4.79 Å². The molecule has 1 aliphatic heterocycles. The van der Waals surface area contributed by atoms with Gasteiger partial charge in [0, 0.05) is 17.0 Å². The molecule has 4 nitrogen and oxygen atoms in total. The summed E-state index contributed by atoms with van der Waals surface area (Å²) in [7, 11) is 1.78. The number of ketones is 1. The molecule has 24 heavy (non-hydrogen) atoms. The number of fused-ring (bicyclic) bond motifs is 3. The van der Waals surface area contributed by atoms with Gasteiger partial charge in [-0.2, -0.15) is 0 Å². The van der Waals surface area contributed by atoms with Crippen molar-refractivity contribution in [2.75, 3.05) is 7.11 Å². The van der Waals surface area contributed by atoms with Crippen molar-refractivity contribution < 1.29 is 9.53 Å². The minimum atomic E-state index is -0.797. The van der Waals surface area contributed by atoms with Crippen LogP contribution in [0, 0.1) is 11.3 Å². The first-order chi connectivity index (χ1) is 11.4. The summed E-state index contributed by atoms with van der Waals surface area (Å²) in [6, 6.07) is 6.28. The van der Waals surface area contributed by atoms with Gasteiger partial charge in [-0.15, -0.1) is 0 Å². The predicted octanol–water partition coefficient (Wildman–Crippen LogP) is 3.35. The Morgan fingerprint density at radius 3 is 2.62 bits per heavy atom. The first-order valence-corrected chi connectivity index (χ1v) is 9.44. The van der Waals surface area contributed by atoms with Crippen molar-refractivity contribution in [3.8, 4) is 0 Å². The normalized spacial score (nSPS) is 38.0. The summed E-state index contributed by atoms with van der Waals surface area (Å²) in [6.45, 7) is 1.89. The van der Waals surface area contributed by atoms with Gasteiger partial charge in [0.2, 0.25) is 0 Å². The van der Waals surface area contributed by atoms with Crippen molar-refractivity contribution in [1.29, 1.82) is 0 Å². The minimum Gasteiger partial charge on any atom is -0.387 e. The Bertz CT molecular complexity index is 737. The molecule has 3 aliphatic rings. The van der Waals surface area contributed by atoms with Crippen molar-refractivity contribution in [1.82, 2.24) is 0 Å². The molecule has 1 saturated carbocycles. The van der Waals surface area contributed by atoms with Crippen LogP contribution in [0.5, 0.6) is 0 Å². The van der Waals surface area contributed by atoms with Crippen molar-refractivity contribution >= 4 is 27.5 Å². The van der Waals surface area contributed by atoms with E-state index in [4.69, 9.17) is 15.5 Å². The van der Waals surface area contributed by atoms with Crippen molar-refractivity contribution in [3.05, 3.63) is 33.8 Å². The van der Waals surface area contributed by atoms with Gasteiger partial charge in [0.15, 0.2) is 11.3 Å². The Labute approximate surface area is 151 Å². The summed E-state index contributed by atoms with van der Waals surface area (Å²) in [5.41, 5.74) is 7.51. The van der Waals surface area contributed by atoms with E-state index >= 15 is 0 Å². The van der Waals surface area contributed by atoms with Gasteiger partial charge in [0.25, 0.3) is 0 Å². The third kappa shape index (κ3) is 1.94. The summed E-state index contributed by atoms with van der Waals surface area (Å²) in [5, 5.41) is 0. The Morgan fingerprint density at radius 2 is 2.04 bits per heavy atom. The van der Waals surface area contributed by atoms with Crippen molar-refractivity contribution in [3.63, 3.8) is 0 Å². The first-order valence-electron chi connectivity index (χ1n) is 8.65. The fourth-order valence-electron chi connectivity index (χ4n) is 5.10. The Kier molecular flexibility index (Phi) is 3.66.